The van der Waals surface area contributed by atoms with E-state index in [9.17, 15) is 10.5 Å². The predicted molar refractivity (Wildman–Crippen MR) is 169 cm³/mol. The number of nitrogens with one attached hydrogen (secondary N) is 1. The summed E-state index contributed by atoms with van der Waals surface area (Å²) in [5.74, 6) is 3.55. The Morgan fingerprint density at radius 2 is 1.33 bits per heavy atom. The molecule has 8 nitrogen and oxygen atoms in total. The van der Waals surface area contributed by atoms with Crippen LogP contribution in [0.2, 0.25) is 0 Å². The van der Waals surface area contributed by atoms with Gasteiger partial charge in [-0.15, -0.1) is 0 Å². The molecule has 1 N–H and O–H groups in total. The van der Waals surface area contributed by atoms with Crippen LogP contribution in [0.15, 0.2) is 122 Å². The molecule has 0 unspecified atom stereocenters. The van der Waals surface area contributed by atoms with E-state index in [4.69, 9.17) is 0 Å². The van der Waals surface area contributed by atoms with E-state index < -0.39 is 0 Å². The zero-order valence-corrected chi connectivity index (χ0v) is 25.1. The number of nitrogens with zero attached hydrogens (tertiary/aromatic N) is 7. The molecule has 5 rings (SSSR count). The number of rotatable bonds is 7. The normalized spacial score (nSPS) is 19.2. The lowest BCUT2D eigenvalue weighted by molar-refractivity contribution is 0.150. The fourth-order valence-electron chi connectivity index (χ4n) is 5.74. The Morgan fingerprint density at radius 1 is 0.791 bits per heavy atom. The van der Waals surface area contributed by atoms with Gasteiger partial charge in [-0.25, -0.2) is 0 Å². The SMILES string of the molecule is C=C1C=C(N[C@@H]2CCCN(C3=CC(=C)N(C)C(=C)N3Cc3ccccc3C#N)C2)N(Cc2ccccc2C#N)C(=C)N1C. The van der Waals surface area contributed by atoms with Crippen LogP contribution in [0.5, 0.6) is 0 Å². The molecule has 218 valence electrons. The Kier molecular flexibility index (Phi) is 8.32. The van der Waals surface area contributed by atoms with Crippen molar-refractivity contribution in [2.45, 2.75) is 32.0 Å². The van der Waals surface area contributed by atoms with Crippen LogP contribution in [0.4, 0.5) is 0 Å². The minimum Gasteiger partial charge on any atom is -0.367 e. The molecule has 0 amide bonds. The Bertz CT molecular complexity index is 1620. The van der Waals surface area contributed by atoms with E-state index in [0.717, 1.165) is 71.7 Å². The van der Waals surface area contributed by atoms with E-state index in [1.54, 1.807) is 0 Å². The maximum atomic E-state index is 9.72. The molecule has 8 heteroatoms. The highest BCUT2D eigenvalue weighted by molar-refractivity contribution is 5.40. The summed E-state index contributed by atoms with van der Waals surface area (Å²) in [6.07, 6.45) is 6.15. The number of hydrogen-bond donors (Lipinski definition) is 1. The zero-order valence-electron chi connectivity index (χ0n) is 25.1. The summed E-state index contributed by atoms with van der Waals surface area (Å²) in [6.45, 7) is 19.9. The van der Waals surface area contributed by atoms with Gasteiger partial charge >= 0.3 is 0 Å². The molecule has 3 aliphatic rings. The molecule has 1 saturated heterocycles. The lowest BCUT2D eigenvalue weighted by Crippen LogP contribution is -2.51. The van der Waals surface area contributed by atoms with E-state index in [-0.39, 0.29) is 6.04 Å². The van der Waals surface area contributed by atoms with Crippen LogP contribution in [0.25, 0.3) is 0 Å². The Hall–Kier alpha value is -5.34. The van der Waals surface area contributed by atoms with E-state index in [0.29, 0.717) is 24.2 Å². The molecule has 43 heavy (non-hydrogen) atoms. The summed E-state index contributed by atoms with van der Waals surface area (Å²) in [5.41, 5.74) is 4.91. The van der Waals surface area contributed by atoms with Crippen LogP contribution in [-0.4, -0.2) is 57.7 Å². The number of allylic oxidation sites excluding steroid dienone is 2. The summed E-state index contributed by atoms with van der Waals surface area (Å²) in [5, 5.41) is 23.2. The molecule has 0 aromatic heterocycles. The summed E-state index contributed by atoms with van der Waals surface area (Å²) in [7, 11) is 3.92. The minimum absolute atomic E-state index is 0.146. The first kappa shape index (κ1) is 29.2. The van der Waals surface area contributed by atoms with Crippen LogP contribution in [-0.2, 0) is 13.1 Å². The van der Waals surface area contributed by atoms with Crippen LogP contribution in [0.1, 0.15) is 35.1 Å². The summed E-state index contributed by atoms with van der Waals surface area (Å²) >= 11 is 0. The maximum absolute atomic E-state index is 9.72. The average molecular weight is 571 g/mol. The van der Waals surface area contributed by atoms with Crippen molar-refractivity contribution in [3.63, 3.8) is 0 Å². The third kappa shape index (κ3) is 5.86. The number of nitriles is 2. The van der Waals surface area contributed by atoms with Gasteiger partial charge in [0.2, 0.25) is 0 Å². The molecule has 0 saturated carbocycles. The van der Waals surface area contributed by atoms with Crippen LogP contribution in [0.3, 0.4) is 0 Å². The summed E-state index contributed by atoms with van der Waals surface area (Å²) in [6, 6.07) is 20.2. The molecule has 0 radical (unpaired) electrons. The van der Waals surface area contributed by atoms with Crippen molar-refractivity contribution in [3.8, 4) is 12.1 Å². The van der Waals surface area contributed by atoms with Gasteiger partial charge in [0.25, 0.3) is 0 Å². The van der Waals surface area contributed by atoms with Gasteiger partial charge in [0.05, 0.1) is 36.4 Å². The standard InChI is InChI=1S/C35H38N8/c1-25-18-34(42(27(3)39(25)5)22-31-14-9-7-12-29(31)20-36)38-33-16-11-17-41(24-33)35-19-26(2)40(6)28(4)43(35)23-32-15-10-8-13-30(32)21-37/h7-10,12-15,18-19,33,38H,1-4,11,16-17,22-24H2,5-6H3/t33-/m1/s1. The first-order valence-corrected chi connectivity index (χ1v) is 14.4. The molecule has 3 aliphatic heterocycles. The molecule has 0 bridgehead atoms. The molecule has 3 heterocycles. The van der Waals surface area contributed by atoms with Gasteiger partial charge in [-0.05, 0) is 36.1 Å². The lowest BCUT2D eigenvalue weighted by Gasteiger charge is -2.47. The third-order valence-corrected chi connectivity index (χ3v) is 8.46. The van der Waals surface area contributed by atoms with Crippen molar-refractivity contribution in [2.24, 2.45) is 0 Å². The van der Waals surface area contributed by atoms with Crippen LogP contribution in [0, 0.1) is 22.7 Å². The van der Waals surface area contributed by atoms with Crippen molar-refractivity contribution >= 4 is 0 Å². The number of hydrogen-bond acceptors (Lipinski definition) is 8. The van der Waals surface area contributed by atoms with Gasteiger partial charge < -0.3 is 29.8 Å². The van der Waals surface area contributed by atoms with E-state index in [1.165, 1.54) is 0 Å². The minimum atomic E-state index is 0.146. The van der Waals surface area contributed by atoms with Gasteiger partial charge in [-0.2, -0.15) is 10.5 Å². The lowest BCUT2D eigenvalue weighted by atomic mass is 10.0. The monoisotopic (exact) mass is 570 g/mol. The van der Waals surface area contributed by atoms with Crippen molar-refractivity contribution in [1.82, 2.24) is 29.8 Å². The van der Waals surface area contributed by atoms with Crippen molar-refractivity contribution in [2.75, 3.05) is 27.2 Å². The van der Waals surface area contributed by atoms with Gasteiger partial charge in [-0.3, -0.25) is 0 Å². The first-order chi connectivity index (χ1) is 20.7. The second-order valence-corrected chi connectivity index (χ2v) is 11.1. The molecule has 0 spiro atoms. The topological polar surface area (TPSA) is 75.8 Å². The molecule has 0 aliphatic carbocycles. The van der Waals surface area contributed by atoms with Gasteiger partial charge in [0.15, 0.2) is 0 Å². The van der Waals surface area contributed by atoms with Crippen molar-refractivity contribution in [3.05, 3.63) is 144 Å². The number of likely N-dealkylation sites (N-methyl/N-ethyl adjacent to an activating group) is 2. The smallest absolute Gasteiger partial charge is 0.112 e. The second kappa shape index (κ2) is 12.3. The van der Waals surface area contributed by atoms with Crippen LogP contribution < -0.4 is 5.32 Å². The Labute approximate surface area is 255 Å². The maximum Gasteiger partial charge on any atom is 0.112 e. The second-order valence-electron chi connectivity index (χ2n) is 11.1. The Balaban J connectivity index is 1.40. The van der Waals surface area contributed by atoms with Gasteiger partial charge in [0, 0.05) is 56.8 Å². The predicted octanol–water partition coefficient (Wildman–Crippen LogP) is 5.33. The number of benzene rings is 2. The van der Waals surface area contributed by atoms with Crippen molar-refractivity contribution in [1.29, 1.82) is 10.5 Å². The van der Waals surface area contributed by atoms with E-state index in [2.05, 4.69) is 64.5 Å². The fraction of sp³-hybridized carbons (Fsp3) is 0.257. The highest BCUT2D eigenvalue weighted by Crippen LogP contribution is 2.33. The third-order valence-electron chi connectivity index (χ3n) is 8.46. The zero-order chi connectivity index (χ0) is 30.7. The van der Waals surface area contributed by atoms with Crippen molar-refractivity contribution < 1.29 is 0 Å². The highest BCUT2D eigenvalue weighted by Gasteiger charge is 2.32. The van der Waals surface area contributed by atoms with E-state index in [1.807, 2.05) is 78.5 Å². The molecule has 2 aromatic rings. The molecule has 1 atom stereocenters. The van der Waals surface area contributed by atoms with E-state index >= 15 is 0 Å². The highest BCUT2D eigenvalue weighted by atomic mass is 15.4. The molecular weight excluding hydrogens is 532 g/mol. The Morgan fingerprint density at radius 3 is 1.93 bits per heavy atom. The fourth-order valence-corrected chi connectivity index (χ4v) is 5.74. The summed E-state index contributed by atoms with van der Waals surface area (Å²) < 4.78 is 0. The van der Waals surface area contributed by atoms with Gasteiger partial charge in [-0.1, -0.05) is 62.7 Å². The molecule has 2 aromatic carbocycles. The quantitative estimate of drug-likeness (QED) is 0.479. The number of likely N-dealkylation sites (tertiary alicyclic amines) is 1. The number of piperidine rings is 1. The largest absolute Gasteiger partial charge is 0.367 e. The van der Waals surface area contributed by atoms with Gasteiger partial charge in [0.1, 0.15) is 23.3 Å². The first-order valence-electron chi connectivity index (χ1n) is 14.4. The molecule has 1 fully saturated rings. The average Bonchev–Trinajstić information content (AvgIpc) is 3.02. The molecular formula is C35H38N8. The van der Waals surface area contributed by atoms with Crippen LogP contribution >= 0.6 is 0 Å². The summed E-state index contributed by atoms with van der Waals surface area (Å²) in [4.78, 5) is 10.6.